The molecule has 0 aromatic heterocycles. The van der Waals surface area contributed by atoms with E-state index in [1.165, 1.54) is 5.56 Å². The Morgan fingerprint density at radius 3 is 2.35 bits per heavy atom. The highest BCUT2D eigenvalue weighted by molar-refractivity contribution is 5.43. The zero-order valence-corrected chi connectivity index (χ0v) is 13.2. The maximum absolute atomic E-state index is 5.33. The second-order valence-electron chi connectivity index (χ2n) is 5.26. The highest BCUT2D eigenvalue weighted by Gasteiger charge is 2.09. The van der Waals surface area contributed by atoms with Gasteiger partial charge in [0.15, 0.2) is 11.5 Å². The van der Waals surface area contributed by atoms with Gasteiger partial charge in [-0.2, -0.15) is 0 Å². The molecule has 4 nitrogen and oxygen atoms in total. The molecule has 0 bridgehead atoms. The van der Waals surface area contributed by atoms with Crippen LogP contribution in [0.25, 0.3) is 0 Å². The molecule has 20 heavy (non-hydrogen) atoms. The van der Waals surface area contributed by atoms with E-state index < -0.39 is 0 Å². The van der Waals surface area contributed by atoms with Gasteiger partial charge in [-0.15, -0.1) is 0 Å². The van der Waals surface area contributed by atoms with E-state index in [0.717, 1.165) is 31.1 Å². The van der Waals surface area contributed by atoms with Gasteiger partial charge in [-0.1, -0.05) is 13.0 Å². The van der Waals surface area contributed by atoms with E-state index >= 15 is 0 Å². The second kappa shape index (κ2) is 8.82. The summed E-state index contributed by atoms with van der Waals surface area (Å²) in [6.07, 6.45) is 0.958. The van der Waals surface area contributed by atoms with Gasteiger partial charge < -0.3 is 19.5 Å². The predicted molar refractivity (Wildman–Crippen MR) is 81.8 cm³/mol. The van der Waals surface area contributed by atoms with Crippen molar-refractivity contribution >= 4 is 0 Å². The van der Waals surface area contributed by atoms with Crippen molar-refractivity contribution in [3.05, 3.63) is 23.8 Å². The molecule has 2 unspecified atom stereocenters. The Labute approximate surface area is 122 Å². The van der Waals surface area contributed by atoms with Crippen LogP contribution in [0.3, 0.4) is 0 Å². The van der Waals surface area contributed by atoms with Crippen molar-refractivity contribution in [3.63, 3.8) is 0 Å². The monoisotopic (exact) mass is 281 g/mol. The van der Waals surface area contributed by atoms with Crippen LogP contribution in [0.4, 0.5) is 0 Å². The van der Waals surface area contributed by atoms with Crippen LogP contribution in [-0.4, -0.2) is 40.5 Å². The molecule has 0 amide bonds. The molecule has 2 atom stereocenters. The highest BCUT2D eigenvalue weighted by Crippen LogP contribution is 2.27. The van der Waals surface area contributed by atoms with Crippen molar-refractivity contribution < 1.29 is 14.2 Å². The van der Waals surface area contributed by atoms with Crippen molar-refractivity contribution in [1.82, 2.24) is 5.32 Å². The molecule has 1 N–H and O–H groups in total. The smallest absolute Gasteiger partial charge is 0.160 e. The van der Waals surface area contributed by atoms with Gasteiger partial charge in [0, 0.05) is 26.3 Å². The van der Waals surface area contributed by atoms with E-state index in [0.29, 0.717) is 12.0 Å². The topological polar surface area (TPSA) is 39.7 Å². The molecule has 0 spiro atoms. The van der Waals surface area contributed by atoms with Gasteiger partial charge >= 0.3 is 0 Å². The third kappa shape index (κ3) is 5.39. The summed E-state index contributed by atoms with van der Waals surface area (Å²) in [5.74, 6) is 2.07. The van der Waals surface area contributed by atoms with E-state index in [1.54, 1.807) is 21.3 Å². The van der Waals surface area contributed by atoms with E-state index in [2.05, 4.69) is 25.2 Å². The average molecular weight is 281 g/mol. The summed E-state index contributed by atoms with van der Waals surface area (Å²) in [4.78, 5) is 0. The molecule has 0 aliphatic carbocycles. The zero-order chi connectivity index (χ0) is 15.0. The van der Waals surface area contributed by atoms with Gasteiger partial charge in [0.05, 0.1) is 14.2 Å². The standard InChI is InChI=1S/C16H27NO3/c1-12(11-18-3)10-17-13(2)8-14-6-7-15(19-4)16(9-14)20-5/h6-7,9,12-13,17H,8,10-11H2,1-5H3. The molecule has 0 aliphatic rings. The van der Waals surface area contributed by atoms with E-state index in [4.69, 9.17) is 14.2 Å². The first-order valence-corrected chi connectivity index (χ1v) is 7.03. The number of nitrogens with one attached hydrogen (secondary N) is 1. The van der Waals surface area contributed by atoms with E-state index in [9.17, 15) is 0 Å². The summed E-state index contributed by atoms with van der Waals surface area (Å²) in [5, 5.41) is 3.53. The summed E-state index contributed by atoms with van der Waals surface area (Å²) in [6.45, 7) is 6.12. The number of methoxy groups -OCH3 is 3. The van der Waals surface area contributed by atoms with E-state index in [1.807, 2.05) is 12.1 Å². The minimum atomic E-state index is 0.410. The molecule has 0 saturated carbocycles. The molecular formula is C16H27NO3. The Bertz CT molecular complexity index is 395. The fourth-order valence-electron chi connectivity index (χ4n) is 2.18. The molecule has 1 rings (SSSR count). The number of hydrogen-bond donors (Lipinski definition) is 1. The molecule has 1 aromatic rings. The van der Waals surface area contributed by atoms with Crippen LogP contribution in [0.1, 0.15) is 19.4 Å². The predicted octanol–water partition coefficient (Wildman–Crippen LogP) is 2.51. The van der Waals surface area contributed by atoms with Gasteiger partial charge in [0.25, 0.3) is 0 Å². The van der Waals surface area contributed by atoms with Crippen molar-refractivity contribution in [1.29, 1.82) is 0 Å². The molecule has 114 valence electrons. The molecule has 0 fully saturated rings. The lowest BCUT2D eigenvalue weighted by molar-refractivity contribution is 0.157. The summed E-state index contributed by atoms with van der Waals surface area (Å²) in [6, 6.07) is 6.48. The number of ether oxygens (including phenoxy) is 3. The van der Waals surface area contributed by atoms with Crippen molar-refractivity contribution in [3.8, 4) is 11.5 Å². The van der Waals surface area contributed by atoms with E-state index in [-0.39, 0.29) is 0 Å². The van der Waals surface area contributed by atoms with Gasteiger partial charge in [0.2, 0.25) is 0 Å². The Morgan fingerprint density at radius 1 is 1.05 bits per heavy atom. The van der Waals surface area contributed by atoms with Gasteiger partial charge in [-0.25, -0.2) is 0 Å². The molecular weight excluding hydrogens is 254 g/mol. The Morgan fingerprint density at radius 2 is 1.75 bits per heavy atom. The van der Waals surface area contributed by atoms with Crippen LogP contribution in [0.2, 0.25) is 0 Å². The molecule has 0 saturated heterocycles. The fraction of sp³-hybridized carbons (Fsp3) is 0.625. The summed E-state index contributed by atoms with van der Waals surface area (Å²) < 4.78 is 15.7. The average Bonchev–Trinajstić information content (AvgIpc) is 2.45. The normalized spacial score (nSPS) is 13.8. The Kier molecular flexibility index (Phi) is 7.41. The summed E-state index contributed by atoms with van der Waals surface area (Å²) in [5.41, 5.74) is 1.24. The number of benzene rings is 1. The van der Waals surface area contributed by atoms with Crippen molar-refractivity contribution in [2.75, 3.05) is 34.5 Å². The van der Waals surface area contributed by atoms with Gasteiger partial charge in [-0.3, -0.25) is 0 Å². The van der Waals surface area contributed by atoms with Crippen LogP contribution in [-0.2, 0) is 11.2 Å². The van der Waals surface area contributed by atoms with Gasteiger partial charge in [0.1, 0.15) is 0 Å². The minimum Gasteiger partial charge on any atom is -0.493 e. The van der Waals surface area contributed by atoms with Crippen LogP contribution >= 0.6 is 0 Å². The molecule has 0 radical (unpaired) electrons. The Hall–Kier alpha value is -1.26. The van der Waals surface area contributed by atoms with Crippen LogP contribution in [0.15, 0.2) is 18.2 Å². The molecule has 4 heteroatoms. The summed E-state index contributed by atoms with van der Waals surface area (Å²) >= 11 is 0. The van der Waals surface area contributed by atoms with Crippen molar-refractivity contribution in [2.45, 2.75) is 26.3 Å². The van der Waals surface area contributed by atoms with Gasteiger partial charge in [-0.05, 0) is 37.0 Å². The van der Waals surface area contributed by atoms with Crippen LogP contribution in [0, 0.1) is 5.92 Å². The minimum absolute atomic E-state index is 0.410. The fourth-order valence-corrected chi connectivity index (χ4v) is 2.18. The van der Waals surface area contributed by atoms with Crippen LogP contribution < -0.4 is 14.8 Å². The molecule has 1 aromatic carbocycles. The lowest BCUT2D eigenvalue weighted by Gasteiger charge is -2.18. The first-order chi connectivity index (χ1) is 9.60. The largest absolute Gasteiger partial charge is 0.493 e. The second-order valence-corrected chi connectivity index (χ2v) is 5.26. The summed E-state index contributed by atoms with van der Waals surface area (Å²) in [7, 11) is 5.05. The quantitative estimate of drug-likeness (QED) is 0.755. The lowest BCUT2D eigenvalue weighted by Crippen LogP contribution is -2.33. The number of rotatable bonds is 9. The number of hydrogen-bond acceptors (Lipinski definition) is 4. The lowest BCUT2D eigenvalue weighted by atomic mass is 10.1. The third-order valence-electron chi connectivity index (χ3n) is 3.26. The maximum atomic E-state index is 5.33. The van der Waals surface area contributed by atoms with Crippen molar-refractivity contribution in [2.24, 2.45) is 5.92 Å². The van der Waals surface area contributed by atoms with Crippen LogP contribution in [0.5, 0.6) is 11.5 Å². The SMILES string of the molecule is COCC(C)CNC(C)Cc1ccc(OC)c(OC)c1. The molecule has 0 heterocycles. The first kappa shape index (κ1) is 16.8. The first-order valence-electron chi connectivity index (χ1n) is 7.03. The zero-order valence-electron chi connectivity index (χ0n) is 13.2. The third-order valence-corrected chi connectivity index (χ3v) is 3.26. The maximum Gasteiger partial charge on any atom is 0.160 e. The molecule has 0 aliphatic heterocycles. The Balaban J connectivity index is 2.51. The highest BCUT2D eigenvalue weighted by atomic mass is 16.5.